The molecule has 1 heterocycles. The molecule has 3 nitrogen and oxygen atoms in total. The Kier molecular flexibility index (Phi) is 3.16. The summed E-state index contributed by atoms with van der Waals surface area (Å²) in [5.41, 5.74) is -0.0805. The number of halogens is 2. The molecule has 0 saturated carbocycles. The molecule has 0 spiro atoms. The van der Waals surface area contributed by atoms with Crippen LogP contribution in [0.5, 0.6) is 5.75 Å². The van der Waals surface area contributed by atoms with Crippen molar-refractivity contribution in [2.24, 2.45) is 7.05 Å². The largest absolute Gasteiger partial charge is 0.490 e. The zero-order valence-corrected chi connectivity index (χ0v) is 10.3. The van der Waals surface area contributed by atoms with Crippen LogP contribution in [0, 0.1) is 3.57 Å². The third-order valence-electron chi connectivity index (χ3n) is 1.43. The Hall–Kier alpha value is -0.0400. The number of rotatable bonds is 1. The van der Waals surface area contributed by atoms with Gasteiger partial charge < -0.3 is 9.30 Å². The van der Waals surface area contributed by atoms with Crippen molar-refractivity contribution in [3.63, 3.8) is 0 Å². The first-order valence-corrected chi connectivity index (χ1v) is 5.03. The zero-order valence-electron chi connectivity index (χ0n) is 6.60. The van der Waals surface area contributed by atoms with E-state index in [9.17, 15) is 4.79 Å². The highest BCUT2D eigenvalue weighted by molar-refractivity contribution is 14.1. The maximum Gasteiger partial charge on any atom is 0.237 e. The molecule has 0 aliphatic heterocycles. The minimum Gasteiger partial charge on any atom is -0.490 e. The summed E-state index contributed by atoms with van der Waals surface area (Å²) in [5, 5.41) is 0. The van der Waals surface area contributed by atoms with Crippen LogP contribution in [0.4, 0.5) is 0 Å². The summed E-state index contributed by atoms with van der Waals surface area (Å²) in [6, 6.07) is 0. The van der Waals surface area contributed by atoms with Crippen molar-refractivity contribution in [2.75, 3.05) is 7.11 Å². The van der Waals surface area contributed by atoms with Crippen LogP contribution in [0.25, 0.3) is 0 Å². The predicted molar refractivity (Wildman–Crippen MR) is 58.7 cm³/mol. The van der Waals surface area contributed by atoms with Gasteiger partial charge in [-0.25, -0.2) is 0 Å². The van der Waals surface area contributed by atoms with Crippen LogP contribution in [0.2, 0.25) is 0 Å². The van der Waals surface area contributed by atoms with E-state index in [0.29, 0.717) is 13.9 Å². The molecule has 0 aliphatic rings. The molecule has 1 aromatic heterocycles. The lowest BCUT2D eigenvalue weighted by molar-refractivity contribution is 0.402. The van der Waals surface area contributed by atoms with E-state index >= 15 is 0 Å². The molecule has 0 bridgehead atoms. The Morgan fingerprint density at radius 1 is 1.67 bits per heavy atom. The van der Waals surface area contributed by atoms with Crippen LogP contribution in [-0.2, 0) is 7.05 Å². The molecule has 0 atom stereocenters. The van der Waals surface area contributed by atoms with E-state index < -0.39 is 0 Å². The SMILES string of the molecule is COc1c(Br)n(C)cc(I)c1=O. The molecule has 0 fully saturated rings. The fourth-order valence-electron chi connectivity index (χ4n) is 0.825. The third-order valence-corrected chi connectivity index (χ3v) is 3.12. The fourth-order valence-corrected chi connectivity index (χ4v) is 1.93. The van der Waals surface area contributed by atoms with Crippen LogP contribution in [0.15, 0.2) is 15.6 Å². The van der Waals surface area contributed by atoms with Crippen molar-refractivity contribution < 1.29 is 4.74 Å². The number of aromatic nitrogens is 1. The van der Waals surface area contributed by atoms with E-state index in [-0.39, 0.29) is 5.43 Å². The van der Waals surface area contributed by atoms with Gasteiger partial charge in [0, 0.05) is 13.2 Å². The predicted octanol–water partition coefficient (Wildman–Crippen LogP) is 1.76. The molecular weight excluding hydrogens is 337 g/mol. The van der Waals surface area contributed by atoms with Gasteiger partial charge in [-0.2, -0.15) is 0 Å². The van der Waals surface area contributed by atoms with E-state index in [1.54, 1.807) is 10.8 Å². The standard InChI is InChI=1S/C7H7BrINO2/c1-10-3-4(9)5(11)6(12-2)7(10)8/h3H,1-2H3. The van der Waals surface area contributed by atoms with Crippen LogP contribution in [0.3, 0.4) is 0 Å². The maximum atomic E-state index is 11.4. The molecule has 5 heteroatoms. The second-order valence-corrected chi connectivity index (χ2v) is 4.15. The summed E-state index contributed by atoms with van der Waals surface area (Å²) in [4.78, 5) is 11.4. The summed E-state index contributed by atoms with van der Waals surface area (Å²) >= 11 is 5.24. The third kappa shape index (κ3) is 1.66. The average Bonchev–Trinajstić information content (AvgIpc) is 2.02. The van der Waals surface area contributed by atoms with Crippen LogP contribution < -0.4 is 10.2 Å². The van der Waals surface area contributed by atoms with E-state index in [1.807, 2.05) is 29.6 Å². The first kappa shape index (κ1) is 10.0. The normalized spacial score (nSPS) is 10.0. The molecule has 0 unspecified atom stereocenters. The van der Waals surface area contributed by atoms with Crippen LogP contribution >= 0.6 is 38.5 Å². The molecule has 1 rings (SSSR count). The summed E-state index contributed by atoms with van der Waals surface area (Å²) in [5.74, 6) is 0.351. The highest BCUT2D eigenvalue weighted by Gasteiger charge is 2.10. The Balaban J connectivity index is 3.53. The molecule has 0 aromatic carbocycles. The number of hydrogen-bond acceptors (Lipinski definition) is 2. The minimum absolute atomic E-state index is 0.0805. The number of pyridine rings is 1. The lowest BCUT2D eigenvalue weighted by Crippen LogP contribution is -2.13. The first-order valence-electron chi connectivity index (χ1n) is 3.16. The maximum absolute atomic E-state index is 11.4. The van der Waals surface area contributed by atoms with E-state index in [0.717, 1.165) is 0 Å². The van der Waals surface area contributed by atoms with Gasteiger partial charge in [0.25, 0.3) is 0 Å². The van der Waals surface area contributed by atoms with Gasteiger partial charge in [-0.15, -0.1) is 0 Å². The smallest absolute Gasteiger partial charge is 0.237 e. The van der Waals surface area contributed by atoms with E-state index in [1.165, 1.54) is 7.11 Å². The molecule has 12 heavy (non-hydrogen) atoms. The van der Waals surface area contributed by atoms with Gasteiger partial charge in [0.1, 0.15) is 4.60 Å². The average molecular weight is 344 g/mol. The summed E-state index contributed by atoms with van der Waals surface area (Å²) in [6.45, 7) is 0. The van der Waals surface area contributed by atoms with Crippen molar-refractivity contribution in [3.05, 3.63) is 24.6 Å². The van der Waals surface area contributed by atoms with Crippen molar-refractivity contribution in [1.29, 1.82) is 0 Å². The van der Waals surface area contributed by atoms with Gasteiger partial charge in [0.15, 0.2) is 5.75 Å². The molecule has 0 saturated heterocycles. The Labute approximate surface area is 92.0 Å². The fraction of sp³-hybridized carbons (Fsp3) is 0.286. The second kappa shape index (κ2) is 3.78. The number of nitrogens with zero attached hydrogens (tertiary/aromatic N) is 1. The Bertz CT molecular complexity index is 361. The van der Waals surface area contributed by atoms with E-state index in [4.69, 9.17) is 4.74 Å². The topological polar surface area (TPSA) is 31.2 Å². The minimum atomic E-state index is -0.0805. The molecule has 0 N–H and O–H groups in total. The quantitative estimate of drug-likeness (QED) is 0.574. The number of hydrogen-bond donors (Lipinski definition) is 0. The molecule has 0 aliphatic carbocycles. The van der Waals surface area contributed by atoms with Gasteiger partial charge in [-0.05, 0) is 38.5 Å². The highest BCUT2D eigenvalue weighted by Crippen LogP contribution is 2.20. The number of ether oxygens (including phenoxy) is 1. The lowest BCUT2D eigenvalue weighted by Gasteiger charge is -2.07. The summed E-state index contributed by atoms with van der Waals surface area (Å²) in [6.07, 6.45) is 1.75. The molecular formula is C7H7BrINO2. The van der Waals surface area contributed by atoms with Gasteiger partial charge in [-0.1, -0.05) is 0 Å². The van der Waals surface area contributed by atoms with Gasteiger partial charge >= 0.3 is 0 Å². The van der Waals surface area contributed by atoms with Gasteiger partial charge in [0.2, 0.25) is 5.43 Å². The Morgan fingerprint density at radius 3 is 2.75 bits per heavy atom. The summed E-state index contributed by atoms with van der Waals surface area (Å²) in [7, 11) is 3.33. The molecule has 66 valence electrons. The van der Waals surface area contributed by atoms with Crippen molar-refractivity contribution in [1.82, 2.24) is 4.57 Å². The molecule has 0 radical (unpaired) electrons. The number of methoxy groups -OCH3 is 1. The van der Waals surface area contributed by atoms with Crippen molar-refractivity contribution >= 4 is 38.5 Å². The monoisotopic (exact) mass is 343 g/mol. The van der Waals surface area contributed by atoms with Crippen LogP contribution in [0.1, 0.15) is 0 Å². The zero-order chi connectivity index (χ0) is 9.30. The second-order valence-electron chi connectivity index (χ2n) is 2.24. The van der Waals surface area contributed by atoms with Gasteiger partial charge in [-0.3, -0.25) is 4.79 Å². The summed E-state index contributed by atoms with van der Waals surface area (Å²) < 4.78 is 8.06. The van der Waals surface area contributed by atoms with Crippen molar-refractivity contribution in [3.8, 4) is 5.75 Å². The first-order chi connectivity index (χ1) is 5.57. The van der Waals surface area contributed by atoms with Crippen molar-refractivity contribution in [2.45, 2.75) is 0 Å². The molecule has 0 amide bonds. The highest BCUT2D eigenvalue weighted by atomic mass is 127. The van der Waals surface area contributed by atoms with Crippen LogP contribution in [-0.4, -0.2) is 11.7 Å². The Morgan fingerprint density at radius 2 is 2.25 bits per heavy atom. The van der Waals surface area contributed by atoms with E-state index in [2.05, 4.69) is 15.9 Å². The number of aryl methyl sites for hydroxylation is 1. The van der Waals surface area contributed by atoms with Gasteiger partial charge in [0.05, 0.1) is 10.7 Å². The lowest BCUT2D eigenvalue weighted by atomic mass is 10.4. The molecule has 1 aromatic rings.